The summed E-state index contributed by atoms with van der Waals surface area (Å²) in [6.07, 6.45) is 0.0634. The minimum absolute atomic E-state index is 0.0472. The molecule has 0 radical (unpaired) electrons. The number of benzene rings is 2. The Morgan fingerprint density at radius 3 is 2.50 bits per heavy atom. The number of nitrogens with zero attached hydrogens (tertiary/aromatic N) is 3. The molecule has 2 aliphatic heterocycles. The van der Waals surface area contributed by atoms with E-state index in [0.29, 0.717) is 19.7 Å². The summed E-state index contributed by atoms with van der Waals surface area (Å²) >= 11 is 0. The summed E-state index contributed by atoms with van der Waals surface area (Å²) in [6, 6.07) is 16.3. The molecule has 0 saturated carbocycles. The van der Waals surface area contributed by atoms with Crippen LogP contribution in [0.4, 0.5) is 16.2 Å². The van der Waals surface area contributed by atoms with E-state index in [-0.39, 0.29) is 12.1 Å². The number of aryl methyl sites for hydroxylation is 2. The smallest absolute Gasteiger partial charge is 0.322 e. The predicted octanol–water partition coefficient (Wildman–Crippen LogP) is 3.36. The second-order valence-corrected chi connectivity index (χ2v) is 8.29. The second kappa shape index (κ2) is 9.49. The summed E-state index contributed by atoms with van der Waals surface area (Å²) < 4.78 is 5.97. The van der Waals surface area contributed by atoms with Crippen LogP contribution < -0.4 is 10.2 Å². The first kappa shape index (κ1) is 20.7. The summed E-state index contributed by atoms with van der Waals surface area (Å²) in [5.41, 5.74) is 4.83. The van der Waals surface area contributed by atoms with Crippen molar-refractivity contribution in [1.29, 1.82) is 0 Å². The molecule has 2 fully saturated rings. The van der Waals surface area contributed by atoms with E-state index in [1.807, 2.05) is 35.2 Å². The van der Waals surface area contributed by atoms with Gasteiger partial charge in [0.2, 0.25) is 0 Å². The first-order valence-electron chi connectivity index (χ1n) is 10.9. The average molecular weight is 409 g/mol. The first-order chi connectivity index (χ1) is 14.6. The molecule has 0 aromatic heterocycles. The van der Waals surface area contributed by atoms with Crippen LogP contribution in [0.1, 0.15) is 11.1 Å². The zero-order chi connectivity index (χ0) is 20.9. The SMILES string of the molecule is Cc1ccc(N2CCN(CC3CN(C(=O)Nc4ccccc4)CCO3)CC2)cc1C. The molecule has 0 spiro atoms. The highest BCUT2D eigenvalue weighted by Crippen LogP contribution is 2.21. The third kappa shape index (κ3) is 5.12. The van der Waals surface area contributed by atoms with Crippen LogP contribution >= 0.6 is 0 Å². The van der Waals surface area contributed by atoms with Crippen LogP contribution in [0.3, 0.4) is 0 Å². The summed E-state index contributed by atoms with van der Waals surface area (Å²) in [5, 5.41) is 2.98. The van der Waals surface area contributed by atoms with Gasteiger partial charge in [-0.05, 0) is 49.2 Å². The molecule has 30 heavy (non-hydrogen) atoms. The maximum atomic E-state index is 12.6. The van der Waals surface area contributed by atoms with Gasteiger partial charge in [0.25, 0.3) is 0 Å². The molecule has 2 heterocycles. The number of nitrogens with one attached hydrogen (secondary N) is 1. The average Bonchev–Trinajstić information content (AvgIpc) is 2.77. The van der Waals surface area contributed by atoms with Crippen molar-refractivity contribution in [1.82, 2.24) is 9.80 Å². The molecular formula is C24H32N4O2. The van der Waals surface area contributed by atoms with E-state index in [2.05, 4.69) is 47.2 Å². The van der Waals surface area contributed by atoms with Gasteiger partial charge in [-0.15, -0.1) is 0 Å². The number of anilines is 2. The van der Waals surface area contributed by atoms with Crippen molar-refractivity contribution >= 4 is 17.4 Å². The lowest BCUT2D eigenvalue weighted by molar-refractivity contribution is -0.0295. The Morgan fingerprint density at radius 1 is 1.00 bits per heavy atom. The van der Waals surface area contributed by atoms with Gasteiger partial charge in [-0.1, -0.05) is 24.3 Å². The number of carbonyl (C=O) groups is 1. The van der Waals surface area contributed by atoms with Crippen molar-refractivity contribution < 1.29 is 9.53 Å². The molecule has 0 bridgehead atoms. The Balaban J connectivity index is 1.25. The number of morpholine rings is 1. The summed E-state index contributed by atoms with van der Waals surface area (Å²) in [4.78, 5) is 19.4. The summed E-state index contributed by atoms with van der Waals surface area (Å²) in [7, 11) is 0. The number of rotatable bonds is 4. The van der Waals surface area contributed by atoms with Crippen LogP contribution in [0.2, 0.25) is 0 Å². The highest BCUT2D eigenvalue weighted by atomic mass is 16.5. The molecule has 6 heteroatoms. The third-order valence-corrected chi connectivity index (χ3v) is 6.14. The van der Waals surface area contributed by atoms with Gasteiger partial charge in [0, 0.05) is 57.2 Å². The van der Waals surface area contributed by atoms with Crippen molar-refractivity contribution in [3.05, 3.63) is 59.7 Å². The van der Waals surface area contributed by atoms with E-state index >= 15 is 0 Å². The van der Waals surface area contributed by atoms with Crippen molar-refractivity contribution in [3.8, 4) is 0 Å². The third-order valence-electron chi connectivity index (χ3n) is 6.14. The standard InChI is InChI=1S/C24H32N4O2/c1-19-8-9-22(16-20(19)2)27-12-10-26(11-13-27)17-23-18-28(14-15-30-23)24(29)25-21-6-4-3-5-7-21/h3-9,16,23H,10-15,17-18H2,1-2H3,(H,25,29). The molecule has 1 N–H and O–H groups in total. The molecule has 2 aromatic carbocycles. The highest BCUT2D eigenvalue weighted by Gasteiger charge is 2.27. The van der Waals surface area contributed by atoms with Gasteiger partial charge in [-0.25, -0.2) is 4.79 Å². The minimum atomic E-state index is -0.0472. The van der Waals surface area contributed by atoms with Crippen LogP contribution in [0, 0.1) is 13.8 Å². The molecule has 2 aliphatic rings. The monoisotopic (exact) mass is 408 g/mol. The normalized spacial score (nSPS) is 20.3. The lowest BCUT2D eigenvalue weighted by atomic mass is 10.1. The quantitative estimate of drug-likeness (QED) is 0.843. The zero-order valence-corrected chi connectivity index (χ0v) is 18.0. The lowest BCUT2D eigenvalue weighted by Crippen LogP contribution is -2.54. The Bertz CT molecular complexity index is 850. The molecule has 0 aliphatic carbocycles. The van der Waals surface area contributed by atoms with Crippen LogP contribution in [-0.2, 0) is 4.74 Å². The van der Waals surface area contributed by atoms with Gasteiger partial charge in [0.1, 0.15) is 0 Å². The fourth-order valence-electron chi connectivity index (χ4n) is 4.14. The summed E-state index contributed by atoms with van der Waals surface area (Å²) in [6.45, 7) is 11.1. The van der Waals surface area contributed by atoms with Crippen LogP contribution in [0.15, 0.2) is 48.5 Å². The van der Waals surface area contributed by atoms with E-state index in [1.165, 1.54) is 16.8 Å². The summed E-state index contributed by atoms with van der Waals surface area (Å²) in [5.74, 6) is 0. The lowest BCUT2D eigenvalue weighted by Gasteiger charge is -2.40. The number of piperazine rings is 1. The number of ether oxygens (including phenoxy) is 1. The molecule has 2 aromatic rings. The van der Waals surface area contributed by atoms with Gasteiger partial charge in [0.15, 0.2) is 0 Å². The van der Waals surface area contributed by atoms with Gasteiger partial charge in [-0.3, -0.25) is 4.90 Å². The molecular weight excluding hydrogens is 376 g/mol. The van der Waals surface area contributed by atoms with Crippen LogP contribution in [0.5, 0.6) is 0 Å². The van der Waals surface area contributed by atoms with Gasteiger partial charge >= 0.3 is 6.03 Å². The maximum Gasteiger partial charge on any atom is 0.322 e. The fraction of sp³-hybridized carbons (Fsp3) is 0.458. The molecule has 2 saturated heterocycles. The van der Waals surface area contributed by atoms with E-state index in [4.69, 9.17) is 4.74 Å². The number of carbonyl (C=O) groups excluding carboxylic acids is 1. The molecule has 4 rings (SSSR count). The minimum Gasteiger partial charge on any atom is -0.373 e. The van der Waals surface area contributed by atoms with Crippen molar-refractivity contribution in [3.63, 3.8) is 0 Å². The number of hydrogen-bond acceptors (Lipinski definition) is 4. The molecule has 1 atom stereocenters. The predicted molar refractivity (Wildman–Crippen MR) is 121 cm³/mol. The van der Waals surface area contributed by atoms with Crippen molar-refractivity contribution in [2.75, 3.05) is 62.6 Å². The Labute approximate surface area is 179 Å². The van der Waals surface area contributed by atoms with Crippen LogP contribution in [0.25, 0.3) is 0 Å². The number of urea groups is 1. The Hall–Kier alpha value is -2.57. The first-order valence-corrected chi connectivity index (χ1v) is 10.9. The second-order valence-electron chi connectivity index (χ2n) is 8.29. The molecule has 160 valence electrons. The van der Waals surface area contributed by atoms with E-state index in [1.54, 1.807) is 0 Å². The van der Waals surface area contributed by atoms with E-state index < -0.39 is 0 Å². The van der Waals surface area contributed by atoms with E-state index in [9.17, 15) is 4.79 Å². The zero-order valence-electron chi connectivity index (χ0n) is 18.0. The molecule has 6 nitrogen and oxygen atoms in total. The fourth-order valence-corrected chi connectivity index (χ4v) is 4.14. The topological polar surface area (TPSA) is 48.0 Å². The molecule has 1 unspecified atom stereocenters. The highest BCUT2D eigenvalue weighted by molar-refractivity contribution is 5.89. The number of amides is 2. The van der Waals surface area contributed by atoms with Crippen molar-refractivity contribution in [2.45, 2.75) is 20.0 Å². The number of hydrogen-bond donors (Lipinski definition) is 1. The maximum absolute atomic E-state index is 12.6. The van der Waals surface area contributed by atoms with E-state index in [0.717, 1.165) is 38.4 Å². The van der Waals surface area contributed by atoms with Gasteiger partial charge in [0.05, 0.1) is 12.7 Å². The van der Waals surface area contributed by atoms with Crippen LogP contribution in [-0.4, -0.2) is 74.4 Å². The van der Waals surface area contributed by atoms with Gasteiger partial charge < -0.3 is 19.9 Å². The van der Waals surface area contributed by atoms with Crippen molar-refractivity contribution in [2.24, 2.45) is 0 Å². The molecule has 2 amide bonds. The largest absolute Gasteiger partial charge is 0.373 e. The number of para-hydroxylation sites is 1. The Kier molecular flexibility index (Phi) is 6.55. The van der Waals surface area contributed by atoms with Gasteiger partial charge in [-0.2, -0.15) is 0 Å². The Morgan fingerprint density at radius 2 is 1.77 bits per heavy atom.